The molecule has 0 saturated heterocycles. The van der Waals surface area contributed by atoms with E-state index in [4.69, 9.17) is 15.2 Å². The first kappa shape index (κ1) is 28.5. The quantitative estimate of drug-likeness (QED) is 0.395. The summed E-state index contributed by atoms with van der Waals surface area (Å²) >= 11 is 0. The number of hydrogen-bond donors (Lipinski definition) is 3. The molecule has 0 radical (unpaired) electrons. The van der Waals surface area contributed by atoms with E-state index < -0.39 is 17.2 Å². The van der Waals surface area contributed by atoms with Gasteiger partial charge in [0.2, 0.25) is 11.8 Å². The maximum absolute atomic E-state index is 13.6. The van der Waals surface area contributed by atoms with Gasteiger partial charge in [-0.3, -0.25) is 9.59 Å². The molecule has 1 heterocycles. The van der Waals surface area contributed by atoms with Gasteiger partial charge in [0.15, 0.2) is 0 Å². The molecule has 4 bridgehead atoms. The Balaban J connectivity index is 1.30. The average Bonchev–Trinajstić information content (AvgIpc) is 3.52. The maximum atomic E-state index is 13.6. The zero-order valence-corrected chi connectivity index (χ0v) is 24.3. The van der Waals surface area contributed by atoms with Gasteiger partial charge in [-0.05, 0) is 88.5 Å². The summed E-state index contributed by atoms with van der Waals surface area (Å²) in [7, 11) is 0. The third-order valence-electron chi connectivity index (χ3n) is 9.18. The number of ether oxygens (including phenoxy) is 2. The van der Waals surface area contributed by atoms with Crippen molar-refractivity contribution in [2.24, 2.45) is 35.3 Å². The zero-order chi connectivity index (χ0) is 28.7. The SMILES string of the molecule is CC(C)COc1c(C(=O)NC2C3CC4CC2CC(OC(N)=O)(C4)C3)cnn1/C=C/C(C)(C)NC(=O)C1CCCC1. The van der Waals surface area contributed by atoms with E-state index in [0.717, 1.165) is 57.8 Å². The molecule has 10 nitrogen and oxygen atoms in total. The molecule has 4 N–H and O–H groups in total. The Morgan fingerprint density at radius 2 is 1.85 bits per heavy atom. The summed E-state index contributed by atoms with van der Waals surface area (Å²) in [6, 6.07) is 0.00947. The number of amides is 3. The molecule has 6 rings (SSSR count). The largest absolute Gasteiger partial charge is 0.477 e. The van der Waals surface area contributed by atoms with E-state index in [-0.39, 0.29) is 41.5 Å². The lowest BCUT2D eigenvalue weighted by Crippen LogP contribution is -2.63. The van der Waals surface area contributed by atoms with Gasteiger partial charge in [-0.25, -0.2) is 9.48 Å². The smallest absolute Gasteiger partial charge is 0.405 e. The third-order valence-corrected chi connectivity index (χ3v) is 9.18. The standard InChI is InChI=1S/C30H45N5O5/c1-18(2)17-39-27-23(16-32-35(27)10-9-29(3,4)34-25(36)20-7-5-6-8-20)26(37)33-24-21-11-19-12-22(24)15-30(13-19,14-21)40-28(31)38/h9-10,16,18-22,24H,5-8,11-15,17H2,1-4H3,(H2,31,38)(H,33,37)(H,34,36)/b10-9+. The number of carbonyl (C=O) groups excluding carboxylic acids is 3. The number of aromatic nitrogens is 2. The van der Waals surface area contributed by atoms with Crippen molar-refractivity contribution in [3.05, 3.63) is 17.8 Å². The second kappa shape index (κ2) is 11.1. The number of rotatable bonds is 10. The molecule has 5 aliphatic rings. The molecular weight excluding hydrogens is 510 g/mol. The number of carbonyl (C=O) groups is 3. The van der Waals surface area contributed by atoms with Crippen LogP contribution in [0.4, 0.5) is 4.79 Å². The van der Waals surface area contributed by atoms with Gasteiger partial charge >= 0.3 is 6.09 Å². The summed E-state index contributed by atoms with van der Waals surface area (Å²) in [5.41, 5.74) is 4.71. The van der Waals surface area contributed by atoms with Crippen LogP contribution in [0.15, 0.2) is 12.3 Å². The van der Waals surface area contributed by atoms with Gasteiger partial charge in [0.1, 0.15) is 11.2 Å². The molecule has 5 aliphatic carbocycles. The fourth-order valence-corrected chi connectivity index (χ4v) is 7.66. The van der Waals surface area contributed by atoms with Crippen LogP contribution in [0.5, 0.6) is 5.88 Å². The maximum Gasteiger partial charge on any atom is 0.405 e. The first-order valence-electron chi connectivity index (χ1n) is 14.9. The van der Waals surface area contributed by atoms with Crippen molar-refractivity contribution in [2.75, 3.05) is 6.61 Å². The lowest BCUT2D eigenvalue weighted by Gasteiger charge is -2.58. The lowest BCUT2D eigenvalue weighted by atomic mass is 9.52. The molecule has 5 saturated carbocycles. The van der Waals surface area contributed by atoms with E-state index in [0.29, 0.717) is 24.0 Å². The molecule has 0 aromatic carbocycles. The molecular formula is C30H45N5O5. The molecule has 2 unspecified atom stereocenters. The fraction of sp³-hybridized carbons (Fsp3) is 0.733. The van der Waals surface area contributed by atoms with Crippen LogP contribution in [0.3, 0.4) is 0 Å². The molecule has 1 aromatic heterocycles. The highest BCUT2D eigenvalue weighted by molar-refractivity contribution is 5.96. The van der Waals surface area contributed by atoms with E-state index >= 15 is 0 Å². The van der Waals surface area contributed by atoms with Crippen molar-refractivity contribution in [3.63, 3.8) is 0 Å². The molecule has 1 aromatic rings. The molecule has 40 heavy (non-hydrogen) atoms. The van der Waals surface area contributed by atoms with Crippen LogP contribution in [0, 0.1) is 29.6 Å². The van der Waals surface area contributed by atoms with Crippen LogP contribution in [-0.4, -0.2) is 51.5 Å². The summed E-state index contributed by atoms with van der Waals surface area (Å²) in [5, 5.41) is 10.9. The van der Waals surface area contributed by atoms with Crippen molar-refractivity contribution in [2.45, 2.75) is 103 Å². The summed E-state index contributed by atoms with van der Waals surface area (Å²) in [6.45, 7) is 8.43. The molecule has 220 valence electrons. The Morgan fingerprint density at radius 3 is 2.48 bits per heavy atom. The minimum atomic E-state index is -0.712. The summed E-state index contributed by atoms with van der Waals surface area (Å²) in [5.74, 6) is 1.59. The van der Waals surface area contributed by atoms with Crippen LogP contribution >= 0.6 is 0 Å². The van der Waals surface area contributed by atoms with Gasteiger partial charge in [-0.2, -0.15) is 5.10 Å². The Morgan fingerprint density at radius 1 is 1.18 bits per heavy atom. The fourth-order valence-electron chi connectivity index (χ4n) is 7.66. The highest BCUT2D eigenvalue weighted by Gasteiger charge is 2.57. The van der Waals surface area contributed by atoms with Crippen LogP contribution in [0.2, 0.25) is 0 Å². The number of nitrogens with two attached hydrogens (primary N) is 1. The Hall–Kier alpha value is -3.04. The van der Waals surface area contributed by atoms with Gasteiger partial charge < -0.3 is 25.8 Å². The van der Waals surface area contributed by atoms with E-state index in [1.54, 1.807) is 17.1 Å². The summed E-state index contributed by atoms with van der Waals surface area (Å²) in [6.07, 6.45) is 12.9. The lowest BCUT2D eigenvalue weighted by molar-refractivity contribution is -0.137. The number of primary amides is 1. The number of nitrogens with one attached hydrogen (secondary N) is 2. The Kier molecular flexibility index (Phi) is 7.90. The van der Waals surface area contributed by atoms with Crippen molar-refractivity contribution >= 4 is 24.1 Å². The predicted molar refractivity (Wildman–Crippen MR) is 150 cm³/mol. The van der Waals surface area contributed by atoms with E-state index in [2.05, 4.69) is 29.6 Å². The van der Waals surface area contributed by atoms with Gasteiger partial charge in [-0.15, -0.1) is 0 Å². The molecule has 5 fully saturated rings. The van der Waals surface area contributed by atoms with Crippen LogP contribution in [0.1, 0.15) is 95.8 Å². The van der Waals surface area contributed by atoms with Gasteiger partial charge in [0.25, 0.3) is 5.91 Å². The second-order valence-corrected chi connectivity index (χ2v) is 13.6. The summed E-state index contributed by atoms with van der Waals surface area (Å²) in [4.78, 5) is 37.9. The van der Waals surface area contributed by atoms with Crippen molar-refractivity contribution in [1.82, 2.24) is 20.4 Å². The Labute approximate surface area is 236 Å². The minimum absolute atomic E-state index is 0.00947. The number of hydrogen-bond acceptors (Lipinski definition) is 6. The van der Waals surface area contributed by atoms with Gasteiger partial charge in [0.05, 0.1) is 18.3 Å². The van der Waals surface area contributed by atoms with Crippen molar-refractivity contribution in [1.29, 1.82) is 0 Å². The summed E-state index contributed by atoms with van der Waals surface area (Å²) < 4.78 is 13.3. The van der Waals surface area contributed by atoms with Gasteiger partial charge in [0, 0.05) is 18.2 Å². The predicted octanol–water partition coefficient (Wildman–Crippen LogP) is 4.25. The highest BCUT2D eigenvalue weighted by Crippen LogP contribution is 2.57. The first-order chi connectivity index (χ1) is 18.9. The van der Waals surface area contributed by atoms with Gasteiger partial charge in [-0.1, -0.05) is 26.7 Å². The van der Waals surface area contributed by atoms with Crippen LogP contribution in [-0.2, 0) is 9.53 Å². The van der Waals surface area contributed by atoms with Crippen LogP contribution < -0.4 is 21.1 Å². The van der Waals surface area contributed by atoms with Crippen LogP contribution in [0.25, 0.3) is 6.20 Å². The second-order valence-electron chi connectivity index (χ2n) is 13.6. The molecule has 10 heteroatoms. The Bertz CT molecular complexity index is 1140. The number of nitrogens with zero attached hydrogens (tertiary/aromatic N) is 2. The molecule has 0 spiro atoms. The molecule has 2 atom stereocenters. The highest BCUT2D eigenvalue weighted by atomic mass is 16.6. The monoisotopic (exact) mass is 555 g/mol. The third kappa shape index (κ3) is 6.15. The minimum Gasteiger partial charge on any atom is -0.477 e. The molecule has 3 amide bonds. The molecule has 0 aliphatic heterocycles. The zero-order valence-electron chi connectivity index (χ0n) is 24.3. The topological polar surface area (TPSA) is 138 Å². The van der Waals surface area contributed by atoms with Crippen molar-refractivity contribution < 1.29 is 23.9 Å². The average molecular weight is 556 g/mol. The first-order valence-corrected chi connectivity index (χ1v) is 14.9. The van der Waals surface area contributed by atoms with E-state index in [9.17, 15) is 14.4 Å². The van der Waals surface area contributed by atoms with E-state index in [1.165, 1.54) is 0 Å². The normalized spacial score (nSPS) is 29.7. The van der Waals surface area contributed by atoms with Crippen molar-refractivity contribution in [3.8, 4) is 5.88 Å². The van der Waals surface area contributed by atoms with E-state index in [1.807, 2.05) is 19.9 Å².